The van der Waals surface area contributed by atoms with Gasteiger partial charge in [0, 0.05) is 16.6 Å². The summed E-state index contributed by atoms with van der Waals surface area (Å²) in [4.78, 5) is 12.0. The summed E-state index contributed by atoms with van der Waals surface area (Å²) < 4.78 is 19.6. The lowest BCUT2D eigenvalue weighted by Gasteiger charge is -2.44. The van der Waals surface area contributed by atoms with Crippen LogP contribution in [0.15, 0.2) is 70.5 Å². The molecule has 3 atom stereocenters. The maximum atomic E-state index is 12.0. The topological polar surface area (TPSA) is 44.8 Å². The minimum absolute atomic E-state index is 0.0100. The first-order valence-corrected chi connectivity index (χ1v) is 13.8. The van der Waals surface area contributed by atoms with Gasteiger partial charge in [0.25, 0.3) is 8.32 Å². The summed E-state index contributed by atoms with van der Waals surface area (Å²) in [5.74, 6) is 0.641. The molecule has 0 saturated carbocycles. The highest BCUT2D eigenvalue weighted by Gasteiger charge is 2.50. The van der Waals surface area contributed by atoms with E-state index >= 15 is 0 Å². The largest absolute Gasteiger partial charge is 0.513 e. The van der Waals surface area contributed by atoms with Crippen LogP contribution >= 0.6 is 22.6 Å². The van der Waals surface area contributed by atoms with E-state index in [1.165, 1.54) is 10.4 Å². The van der Waals surface area contributed by atoms with Gasteiger partial charge in [-0.05, 0) is 38.0 Å². The van der Waals surface area contributed by atoms with Crippen LogP contribution in [-0.2, 0) is 13.9 Å². The van der Waals surface area contributed by atoms with E-state index in [-0.39, 0.29) is 23.0 Å². The SMILES string of the molecule is C[C@H](CO[Si](c1ccccc1)(c1ccccc1)C(C)(C)C)[C@H]1OC(=O)O/C(=C/I)[C@@H]1C. The van der Waals surface area contributed by atoms with Crippen LogP contribution in [0.4, 0.5) is 4.79 Å². The Kier molecular flexibility index (Phi) is 7.65. The molecule has 1 heterocycles. The van der Waals surface area contributed by atoms with Crippen molar-refractivity contribution in [2.45, 2.75) is 45.8 Å². The van der Waals surface area contributed by atoms with Crippen LogP contribution in [-0.4, -0.2) is 27.2 Å². The van der Waals surface area contributed by atoms with Crippen LogP contribution in [0.3, 0.4) is 0 Å². The molecule has 0 unspecified atom stereocenters. The van der Waals surface area contributed by atoms with Gasteiger partial charge in [0.05, 0.1) is 5.92 Å². The number of rotatable bonds is 6. The number of hydrogen-bond donors (Lipinski definition) is 0. The fraction of sp³-hybridized carbons (Fsp3) is 0.400. The normalized spacial score (nSPS) is 22.0. The predicted molar refractivity (Wildman–Crippen MR) is 135 cm³/mol. The molecular formula is C25H31IO4Si. The molecule has 1 aliphatic heterocycles. The highest BCUT2D eigenvalue weighted by molar-refractivity contribution is 14.1. The van der Waals surface area contributed by atoms with Crippen LogP contribution in [0, 0.1) is 11.8 Å². The Morgan fingerprint density at radius 2 is 1.58 bits per heavy atom. The smallest absolute Gasteiger partial charge is 0.430 e. The maximum Gasteiger partial charge on any atom is 0.513 e. The molecular weight excluding hydrogens is 519 g/mol. The van der Waals surface area contributed by atoms with Crippen LogP contribution in [0.2, 0.25) is 5.04 Å². The summed E-state index contributed by atoms with van der Waals surface area (Å²) in [5, 5.41) is 2.39. The minimum Gasteiger partial charge on any atom is -0.430 e. The summed E-state index contributed by atoms with van der Waals surface area (Å²) in [6, 6.07) is 21.1. The summed E-state index contributed by atoms with van der Waals surface area (Å²) >= 11 is 2.11. The third kappa shape index (κ3) is 4.91. The van der Waals surface area contributed by atoms with E-state index in [4.69, 9.17) is 13.9 Å². The standard InChI is InChI=1S/C25H31IO4Si/c1-18(23-19(2)22(16-26)29-24(27)30-23)17-28-31(25(3,4)5,20-12-8-6-9-13-20)21-14-10-7-11-15-21/h6-16,18-19,23H,17H2,1-5H3/b22-16+/t18-,19+,23-/m1/s1. The lowest BCUT2D eigenvalue weighted by atomic mass is 9.92. The number of cyclic esters (lactones) is 2. The average Bonchev–Trinajstić information content (AvgIpc) is 2.76. The first-order valence-electron chi connectivity index (χ1n) is 10.6. The van der Waals surface area contributed by atoms with Crippen LogP contribution in [0.1, 0.15) is 34.6 Å². The Morgan fingerprint density at radius 1 is 1.06 bits per heavy atom. The van der Waals surface area contributed by atoms with Gasteiger partial charge >= 0.3 is 6.16 Å². The predicted octanol–water partition coefficient (Wildman–Crippen LogP) is 5.65. The molecule has 2 aromatic rings. The minimum atomic E-state index is -2.63. The number of ether oxygens (including phenoxy) is 2. The molecule has 1 aliphatic rings. The van der Waals surface area contributed by atoms with Gasteiger partial charge in [0.2, 0.25) is 0 Å². The number of halogens is 1. The van der Waals surface area contributed by atoms with Gasteiger partial charge in [0.15, 0.2) is 0 Å². The molecule has 31 heavy (non-hydrogen) atoms. The summed E-state index contributed by atoms with van der Waals surface area (Å²) in [7, 11) is -2.63. The molecule has 0 aliphatic carbocycles. The summed E-state index contributed by atoms with van der Waals surface area (Å²) in [6.45, 7) is 11.4. The van der Waals surface area contributed by atoms with Gasteiger partial charge in [-0.1, -0.05) is 95.3 Å². The molecule has 0 amide bonds. The third-order valence-electron chi connectivity index (χ3n) is 6.02. The molecule has 166 valence electrons. The Hall–Kier alpha value is -1.64. The highest BCUT2D eigenvalue weighted by Crippen LogP contribution is 2.38. The summed E-state index contributed by atoms with van der Waals surface area (Å²) in [5.41, 5.74) is 0. The van der Waals surface area contributed by atoms with Crippen molar-refractivity contribution in [1.29, 1.82) is 0 Å². The molecule has 0 radical (unpaired) electrons. The maximum absolute atomic E-state index is 12.0. The van der Waals surface area contributed by atoms with Crippen molar-refractivity contribution >= 4 is 47.4 Å². The molecule has 0 bridgehead atoms. The Bertz CT molecular complexity index is 869. The molecule has 6 heteroatoms. The molecule has 3 rings (SSSR count). The Balaban J connectivity index is 1.97. The van der Waals surface area contributed by atoms with E-state index < -0.39 is 14.5 Å². The lowest BCUT2D eigenvalue weighted by molar-refractivity contribution is -0.0506. The first kappa shape index (κ1) is 24.0. The van der Waals surface area contributed by atoms with Gasteiger partial charge in [-0.15, -0.1) is 0 Å². The Labute approximate surface area is 200 Å². The summed E-state index contributed by atoms with van der Waals surface area (Å²) in [6.07, 6.45) is -0.927. The van der Waals surface area contributed by atoms with Gasteiger partial charge in [-0.2, -0.15) is 0 Å². The van der Waals surface area contributed by atoms with Crippen molar-refractivity contribution in [2.75, 3.05) is 6.61 Å². The van der Waals surface area contributed by atoms with E-state index in [1.54, 1.807) is 0 Å². The third-order valence-corrected chi connectivity index (χ3v) is 11.6. The van der Waals surface area contributed by atoms with Crippen LogP contribution < -0.4 is 10.4 Å². The van der Waals surface area contributed by atoms with E-state index in [2.05, 4.69) is 98.8 Å². The van der Waals surface area contributed by atoms with E-state index in [1.807, 2.05) is 23.1 Å². The number of carbonyl (C=O) groups excluding carboxylic acids is 1. The molecule has 0 aromatic heterocycles. The van der Waals surface area contributed by atoms with Crippen molar-refractivity contribution in [2.24, 2.45) is 11.8 Å². The van der Waals surface area contributed by atoms with Crippen molar-refractivity contribution in [3.05, 3.63) is 70.5 Å². The van der Waals surface area contributed by atoms with Crippen molar-refractivity contribution in [3.63, 3.8) is 0 Å². The average molecular weight is 551 g/mol. The zero-order chi connectivity index (χ0) is 22.6. The fourth-order valence-corrected chi connectivity index (χ4v) is 9.79. The van der Waals surface area contributed by atoms with Crippen molar-refractivity contribution < 1.29 is 18.7 Å². The van der Waals surface area contributed by atoms with Crippen LogP contribution in [0.5, 0.6) is 0 Å². The van der Waals surface area contributed by atoms with Gasteiger partial charge < -0.3 is 13.9 Å². The second-order valence-electron chi connectivity index (χ2n) is 9.19. The van der Waals surface area contributed by atoms with Gasteiger partial charge in [-0.3, -0.25) is 0 Å². The van der Waals surface area contributed by atoms with Gasteiger partial charge in [-0.25, -0.2) is 4.79 Å². The molecule has 4 nitrogen and oxygen atoms in total. The second kappa shape index (κ2) is 9.88. The molecule has 0 N–H and O–H groups in total. The van der Waals surface area contributed by atoms with Crippen molar-refractivity contribution in [1.82, 2.24) is 0 Å². The molecule has 2 aromatic carbocycles. The van der Waals surface area contributed by atoms with E-state index in [0.29, 0.717) is 12.4 Å². The molecule has 1 saturated heterocycles. The van der Waals surface area contributed by atoms with Crippen molar-refractivity contribution in [3.8, 4) is 0 Å². The first-order chi connectivity index (χ1) is 14.7. The number of benzene rings is 2. The van der Waals surface area contributed by atoms with E-state index in [9.17, 15) is 4.79 Å². The fourth-order valence-electron chi connectivity index (χ4n) is 4.43. The highest BCUT2D eigenvalue weighted by atomic mass is 127. The Morgan fingerprint density at radius 3 is 2.03 bits per heavy atom. The van der Waals surface area contributed by atoms with E-state index in [0.717, 1.165) is 0 Å². The molecule has 0 spiro atoms. The number of hydrogen-bond acceptors (Lipinski definition) is 4. The number of carbonyl (C=O) groups is 1. The van der Waals surface area contributed by atoms with Crippen LogP contribution in [0.25, 0.3) is 0 Å². The molecule has 1 fully saturated rings. The van der Waals surface area contributed by atoms with Gasteiger partial charge in [0.1, 0.15) is 11.9 Å². The quantitative estimate of drug-likeness (QED) is 0.265. The lowest BCUT2D eigenvalue weighted by Crippen LogP contribution is -2.67. The zero-order valence-corrected chi connectivity index (χ0v) is 22.0. The second-order valence-corrected chi connectivity index (χ2v) is 14.1. The zero-order valence-electron chi connectivity index (χ0n) is 18.8. The monoisotopic (exact) mass is 550 g/mol.